The number of sulfone groups is 1. The molecule has 3 amide bonds. The molecule has 0 bridgehead atoms. The molecule has 28 heavy (non-hydrogen) atoms. The molecule has 0 aliphatic carbocycles. The molecule has 0 spiro atoms. The molecule has 0 N–H and O–H groups in total. The minimum absolute atomic E-state index is 0.0456. The number of hydrogen-bond acceptors (Lipinski definition) is 6. The third-order valence-corrected chi connectivity index (χ3v) is 7.11. The van der Waals surface area contributed by atoms with Crippen molar-refractivity contribution in [1.82, 2.24) is 14.8 Å². The van der Waals surface area contributed by atoms with Gasteiger partial charge in [-0.3, -0.25) is 14.4 Å². The number of nitrogens with zero attached hydrogens (tertiary/aromatic N) is 4. The van der Waals surface area contributed by atoms with Crippen LogP contribution in [0.15, 0.2) is 5.10 Å². The van der Waals surface area contributed by atoms with Crippen LogP contribution in [-0.2, 0) is 24.2 Å². The zero-order valence-electron chi connectivity index (χ0n) is 16.7. The molecule has 9 nitrogen and oxygen atoms in total. The first-order valence-electron chi connectivity index (χ1n) is 9.66. The van der Waals surface area contributed by atoms with Gasteiger partial charge in [0.2, 0.25) is 11.8 Å². The monoisotopic (exact) mass is 412 g/mol. The standard InChI is InChI=1S/C18H28N4O5S/c1-18(2,3)17(25)21-9-7-20(8-10-21)16(24)14-4-5-15(23)22(19-14)13-6-11-28(26,27)12-13/h13H,4-12H2,1-3H3. The van der Waals surface area contributed by atoms with Crippen LogP contribution in [-0.4, -0.2) is 90.4 Å². The van der Waals surface area contributed by atoms with Crippen LogP contribution < -0.4 is 0 Å². The summed E-state index contributed by atoms with van der Waals surface area (Å²) in [5.74, 6) is -0.462. The lowest BCUT2D eigenvalue weighted by Gasteiger charge is -2.38. The van der Waals surface area contributed by atoms with Crippen molar-refractivity contribution in [3.05, 3.63) is 0 Å². The second-order valence-corrected chi connectivity index (χ2v) is 10.9. The van der Waals surface area contributed by atoms with Gasteiger partial charge in [-0.05, 0) is 6.42 Å². The average molecular weight is 413 g/mol. The van der Waals surface area contributed by atoms with Crippen molar-refractivity contribution in [3.8, 4) is 0 Å². The predicted octanol–water partition coefficient (Wildman–Crippen LogP) is -0.131. The first kappa shape index (κ1) is 20.8. The van der Waals surface area contributed by atoms with Crippen LogP contribution in [0, 0.1) is 5.41 Å². The minimum atomic E-state index is -3.15. The highest BCUT2D eigenvalue weighted by molar-refractivity contribution is 7.91. The smallest absolute Gasteiger partial charge is 0.270 e. The summed E-state index contributed by atoms with van der Waals surface area (Å²) in [5.41, 5.74) is -0.165. The lowest BCUT2D eigenvalue weighted by molar-refractivity contribution is -0.143. The Morgan fingerprint density at radius 3 is 2.18 bits per heavy atom. The summed E-state index contributed by atoms with van der Waals surface area (Å²) in [5, 5.41) is 5.45. The van der Waals surface area contributed by atoms with Crippen molar-refractivity contribution >= 4 is 33.3 Å². The molecule has 1 unspecified atom stereocenters. The molecule has 2 saturated heterocycles. The maximum atomic E-state index is 12.9. The summed E-state index contributed by atoms with van der Waals surface area (Å²) in [7, 11) is -3.15. The van der Waals surface area contributed by atoms with Crippen LogP contribution in [0.1, 0.15) is 40.0 Å². The summed E-state index contributed by atoms with van der Waals surface area (Å²) in [6.45, 7) is 7.41. The highest BCUT2D eigenvalue weighted by Gasteiger charge is 2.38. The molecule has 0 aromatic rings. The topological polar surface area (TPSA) is 107 Å². The summed E-state index contributed by atoms with van der Waals surface area (Å²) < 4.78 is 23.4. The molecule has 2 fully saturated rings. The third-order valence-electron chi connectivity index (χ3n) is 5.36. The van der Waals surface area contributed by atoms with E-state index in [-0.39, 0.29) is 42.1 Å². The fourth-order valence-corrected chi connectivity index (χ4v) is 5.44. The molecule has 0 saturated carbocycles. The summed E-state index contributed by atoms with van der Waals surface area (Å²) >= 11 is 0. The van der Waals surface area contributed by atoms with Gasteiger partial charge in [-0.15, -0.1) is 0 Å². The van der Waals surface area contributed by atoms with E-state index < -0.39 is 21.3 Å². The van der Waals surface area contributed by atoms with E-state index in [1.165, 1.54) is 5.01 Å². The maximum absolute atomic E-state index is 12.9. The van der Waals surface area contributed by atoms with Crippen molar-refractivity contribution in [2.45, 2.75) is 46.1 Å². The molecule has 0 aromatic carbocycles. The summed E-state index contributed by atoms with van der Waals surface area (Å²) in [6.07, 6.45) is 0.769. The van der Waals surface area contributed by atoms with E-state index in [0.717, 1.165) is 0 Å². The Kier molecular flexibility index (Phi) is 5.53. The lowest BCUT2D eigenvalue weighted by Crippen LogP contribution is -2.55. The number of piperazine rings is 1. The van der Waals surface area contributed by atoms with E-state index in [0.29, 0.717) is 38.3 Å². The number of carbonyl (C=O) groups excluding carboxylic acids is 3. The summed E-state index contributed by atoms with van der Waals surface area (Å²) in [6, 6.07) is -0.484. The molecule has 0 radical (unpaired) electrons. The maximum Gasteiger partial charge on any atom is 0.270 e. The van der Waals surface area contributed by atoms with Crippen LogP contribution in [0.4, 0.5) is 0 Å². The molecule has 156 valence electrons. The number of amides is 3. The highest BCUT2D eigenvalue weighted by atomic mass is 32.2. The van der Waals surface area contributed by atoms with Crippen LogP contribution in [0.5, 0.6) is 0 Å². The molecule has 3 aliphatic heterocycles. The number of rotatable bonds is 2. The second-order valence-electron chi connectivity index (χ2n) is 8.68. The van der Waals surface area contributed by atoms with E-state index >= 15 is 0 Å². The molecular weight excluding hydrogens is 384 g/mol. The van der Waals surface area contributed by atoms with Crippen molar-refractivity contribution < 1.29 is 22.8 Å². The summed E-state index contributed by atoms with van der Waals surface area (Å²) in [4.78, 5) is 40.9. The van der Waals surface area contributed by atoms with Crippen molar-refractivity contribution in [2.24, 2.45) is 10.5 Å². The van der Waals surface area contributed by atoms with Crippen LogP contribution in [0.3, 0.4) is 0 Å². The van der Waals surface area contributed by atoms with Gasteiger partial charge in [-0.25, -0.2) is 13.4 Å². The third kappa shape index (κ3) is 4.37. The van der Waals surface area contributed by atoms with Gasteiger partial charge in [0.25, 0.3) is 5.91 Å². The largest absolute Gasteiger partial charge is 0.339 e. The molecule has 10 heteroatoms. The predicted molar refractivity (Wildman–Crippen MR) is 103 cm³/mol. The van der Waals surface area contributed by atoms with E-state index in [1.807, 2.05) is 20.8 Å². The number of hydrogen-bond donors (Lipinski definition) is 0. The Morgan fingerprint density at radius 2 is 1.64 bits per heavy atom. The van der Waals surface area contributed by atoms with Crippen LogP contribution in [0.25, 0.3) is 0 Å². The highest BCUT2D eigenvalue weighted by Crippen LogP contribution is 2.23. The molecular formula is C18H28N4O5S. The molecule has 3 rings (SSSR count). The SMILES string of the molecule is CC(C)(C)C(=O)N1CCN(C(=O)C2=NN(C3CCS(=O)(=O)C3)C(=O)CC2)CC1. The quantitative estimate of drug-likeness (QED) is 0.628. The first-order chi connectivity index (χ1) is 13.0. The second kappa shape index (κ2) is 7.46. The van der Waals surface area contributed by atoms with Crippen LogP contribution in [0.2, 0.25) is 0 Å². The van der Waals surface area contributed by atoms with Crippen molar-refractivity contribution in [1.29, 1.82) is 0 Å². The van der Waals surface area contributed by atoms with E-state index in [1.54, 1.807) is 9.80 Å². The first-order valence-corrected chi connectivity index (χ1v) is 11.5. The van der Waals surface area contributed by atoms with E-state index in [4.69, 9.17) is 0 Å². The van der Waals surface area contributed by atoms with Gasteiger partial charge in [0.05, 0.1) is 17.5 Å². The van der Waals surface area contributed by atoms with Gasteiger partial charge in [-0.1, -0.05) is 20.8 Å². The minimum Gasteiger partial charge on any atom is -0.339 e. The van der Waals surface area contributed by atoms with Gasteiger partial charge in [0.1, 0.15) is 5.71 Å². The van der Waals surface area contributed by atoms with Gasteiger partial charge < -0.3 is 9.80 Å². The fourth-order valence-electron chi connectivity index (χ4n) is 3.75. The number of hydrazone groups is 1. The average Bonchev–Trinajstić information content (AvgIpc) is 3.00. The van der Waals surface area contributed by atoms with Crippen molar-refractivity contribution in [2.75, 3.05) is 37.7 Å². The van der Waals surface area contributed by atoms with Gasteiger partial charge >= 0.3 is 0 Å². The van der Waals surface area contributed by atoms with E-state index in [2.05, 4.69) is 5.10 Å². The Hall–Kier alpha value is -1.97. The fraction of sp³-hybridized carbons (Fsp3) is 0.778. The van der Waals surface area contributed by atoms with Crippen molar-refractivity contribution in [3.63, 3.8) is 0 Å². The normalized spacial score (nSPS) is 25.7. The lowest BCUT2D eigenvalue weighted by atomic mass is 9.94. The zero-order chi connectivity index (χ0) is 20.7. The Labute approximate surface area is 165 Å². The van der Waals surface area contributed by atoms with E-state index in [9.17, 15) is 22.8 Å². The Balaban J connectivity index is 1.65. The molecule has 3 heterocycles. The molecule has 3 aliphatic rings. The zero-order valence-corrected chi connectivity index (χ0v) is 17.5. The Morgan fingerprint density at radius 1 is 1.04 bits per heavy atom. The van der Waals surface area contributed by atoms with Crippen LogP contribution >= 0.6 is 0 Å². The number of carbonyl (C=O) groups is 3. The molecule has 0 aromatic heterocycles. The van der Waals surface area contributed by atoms with Gasteiger partial charge in [0, 0.05) is 44.4 Å². The van der Waals surface area contributed by atoms with Gasteiger partial charge in [0.15, 0.2) is 9.84 Å². The van der Waals surface area contributed by atoms with Gasteiger partial charge in [-0.2, -0.15) is 5.10 Å². The molecule has 1 atom stereocenters. The Bertz CT molecular complexity index is 806.